The van der Waals surface area contributed by atoms with Crippen LogP contribution in [0.25, 0.3) is 0 Å². The molecule has 20 heavy (non-hydrogen) atoms. The van der Waals surface area contributed by atoms with Crippen molar-refractivity contribution in [3.63, 3.8) is 0 Å². The third kappa shape index (κ3) is 5.01. The van der Waals surface area contributed by atoms with E-state index in [0.29, 0.717) is 12.3 Å². The monoisotopic (exact) mass is 277 g/mol. The highest BCUT2D eigenvalue weighted by Crippen LogP contribution is 2.05. The minimum Gasteiger partial charge on any atom is -0.352 e. The van der Waals surface area contributed by atoms with E-state index >= 15 is 0 Å². The first-order valence-electron chi connectivity index (χ1n) is 6.00. The summed E-state index contributed by atoms with van der Waals surface area (Å²) >= 11 is 0. The van der Waals surface area contributed by atoms with Gasteiger partial charge in [-0.05, 0) is 19.1 Å². The minimum absolute atomic E-state index is 0.0470. The van der Waals surface area contributed by atoms with Crippen LogP contribution in [-0.2, 0) is 4.79 Å². The predicted molar refractivity (Wildman–Crippen MR) is 74.8 cm³/mol. The molecule has 0 saturated carbocycles. The van der Waals surface area contributed by atoms with Crippen LogP contribution < -0.4 is 10.7 Å². The molecule has 0 spiro atoms. The molecule has 0 saturated heterocycles. The molecule has 0 heterocycles. The Morgan fingerprint density at radius 3 is 2.75 bits per heavy atom. The number of rotatable bonds is 6. The average molecular weight is 277 g/mol. The Balaban J connectivity index is 2.54. The molecule has 0 aliphatic heterocycles. The van der Waals surface area contributed by atoms with Crippen molar-refractivity contribution in [2.45, 2.75) is 13.3 Å². The number of hydrogen-bond donors (Lipinski definition) is 2. The third-order valence-electron chi connectivity index (χ3n) is 2.33. The van der Waals surface area contributed by atoms with E-state index in [4.69, 9.17) is 0 Å². The Labute approximate surface area is 116 Å². The number of hydrogen-bond acceptors (Lipinski definition) is 3. The molecule has 5 nitrogen and oxygen atoms in total. The standard InChI is InChI=1S/C14H16FN3O2/c1-3-8-16-13(19)9-10(2)17-18-14(20)11-6-4-5-7-12(11)15/h3-7H,1,8-9H2,2H3,(H,16,19)(H,18,20). The van der Waals surface area contributed by atoms with Crippen molar-refractivity contribution in [3.05, 3.63) is 48.3 Å². The van der Waals surface area contributed by atoms with Crippen LogP contribution in [0.4, 0.5) is 4.39 Å². The highest BCUT2D eigenvalue weighted by molar-refractivity contribution is 6.01. The van der Waals surface area contributed by atoms with E-state index < -0.39 is 11.7 Å². The van der Waals surface area contributed by atoms with Gasteiger partial charge in [0.05, 0.1) is 12.0 Å². The van der Waals surface area contributed by atoms with Gasteiger partial charge in [0, 0.05) is 12.3 Å². The summed E-state index contributed by atoms with van der Waals surface area (Å²) in [5.41, 5.74) is 2.53. The van der Waals surface area contributed by atoms with E-state index in [1.54, 1.807) is 19.1 Å². The van der Waals surface area contributed by atoms with Crippen molar-refractivity contribution in [1.29, 1.82) is 0 Å². The number of carbonyl (C=O) groups excluding carboxylic acids is 2. The zero-order chi connectivity index (χ0) is 15.0. The molecular formula is C14H16FN3O2. The van der Waals surface area contributed by atoms with E-state index in [1.165, 1.54) is 18.2 Å². The van der Waals surface area contributed by atoms with Crippen molar-refractivity contribution in [2.75, 3.05) is 6.54 Å². The van der Waals surface area contributed by atoms with Crippen LogP contribution >= 0.6 is 0 Å². The molecule has 0 atom stereocenters. The maximum atomic E-state index is 13.3. The van der Waals surface area contributed by atoms with E-state index in [1.807, 2.05) is 0 Å². The topological polar surface area (TPSA) is 70.6 Å². The summed E-state index contributed by atoms with van der Waals surface area (Å²) in [6.45, 7) is 5.44. The lowest BCUT2D eigenvalue weighted by molar-refractivity contribution is -0.119. The highest BCUT2D eigenvalue weighted by atomic mass is 19.1. The number of nitrogens with one attached hydrogen (secondary N) is 2. The summed E-state index contributed by atoms with van der Waals surface area (Å²) in [7, 11) is 0. The lowest BCUT2D eigenvalue weighted by Crippen LogP contribution is -2.26. The molecule has 106 valence electrons. The molecule has 0 radical (unpaired) electrons. The first kappa shape index (κ1) is 15.6. The number of amides is 2. The molecule has 0 aromatic heterocycles. The second kappa shape index (κ2) is 7.83. The van der Waals surface area contributed by atoms with Gasteiger partial charge in [-0.15, -0.1) is 6.58 Å². The van der Waals surface area contributed by atoms with Gasteiger partial charge in [0.1, 0.15) is 5.82 Å². The van der Waals surface area contributed by atoms with Gasteiger partial charge in [0.2, 0.25) is 5.91 Å². The highest BCUT2D eigenvalue weighted by Gasteiger charge is 2.10. The van der Waals surface area contributed by atoms with Gasteiger partial charge in [0.15, 0.2) is 0 Å². The van der Waals surface area contributed by atoms with Crippen LogP contribution in [0.3, 0.4) is 0 Å². The lowest BCUT2D eigenvalue weighted by atomic mass is 10.2. The van der Waals surface area contributed by atoms with Crippen LogP contribution in [0.5, 0.6) is 0 Å². The van der Waals surface area contributed by atoms with Gasteiger partial charge in [-0.3, -0.25) is 9.59 Å². The Morgan fingerprint density at radius 2 is 2.10 bits per heavy atom. The Kier molecular flexibility index (Phi) is 6.09. The SMILES string of the molecule is C=CCNC(=O)CC(C)=NNC(=O)c1ccccc1F. The lowest BCUT2D eigenvalue weighted by Gasteiger charge is -2.04. The summed E-state index contributed by atoms with van der Waals surface area (Å²) in [6.07, 6.45) is 1.61. The Bertz CT molecular complexity index is 541. The summed E-state index contributed by atoms with van der Waals surface area (Å²) in [5.74, 6) is -1.51. The molecule has 2 N–H and O–H groups in total. The second-order valence-electron chi connectivity index (χ2n) is 4.04. The molecule has 0 bridgehead atoms. The molecule has 1 rings (SSSR count). The normalized spacial score (nSPS) is 10.8. The first-order valence-corrected chi connectivity index (χ1v) is 6.00. The Hall–Kier alpha value is -2.50. The van der Waals surface area contributed by atoms with Crippen molar-refractivity contribution in [1.82, 2.24) is 10.7 Å². The number of nitrogens with zero attached hydrogens (tertiary/aromatic N) is 1. The average Bonchev–Trinajstić information content (AvgIpc) is 2.43. The Morgan fingerprint density at radius 1 is 1.40 bits per heavy atom. The zero-order valence-corrected chi connectivity index (χ0v) is 11.1. The summed E-state index contributed by atoms with van der Waals surface area (Å²) < 4.78 is 13.3. The van der Waals surface area contributed by atoms with E-state index in [2.05, 4.69) is 22.4 Å². The maximum absolute atomic E-state index is 13.3. The fraction of sp³-hybridized carbons (Fsp3) is 0.214. The van der Waals surface area contributed by atoms with Crippen LogP contribution in [0.2, 0.25) is 0 Å². The van der Waals surface area contributed by atoms with Gasteiger partial charge in [-0.25, -0.2) is 9.82 Å². The van der Waals surface area contributed by atoms with Crippen molar-refractivity contribution in [3.8, 4) is 0 Å². The first-order chi connectivity index (χ1) is 9.54. The fourth-order valence-corrected chi connectivity index (χ4v) is 1.37. The van der Waals surface area contributed by atoms with E-state index in [0.717, 1.165) is 0 Å². The van der Waals surface area contributed by atoms with E-state index in [9.17, 15) is 14.0 Å². The number of hydrazone groups is 1. The zero-order valence-electron chi connectivity index (χ0n) is 11.1. The largest absolute Gasteiger partial charge is 0.352 e. The van der Waals surface area contributed by atoms with Crippen LogP contribution in [0, 0.1) is 5.82 Å². The molecule has 1 aromatic carbocycles. The summed E-state index contributed by atoms with van der Waals surface area (Å²) in [5, 5.41) is 6.33. The van der Waals surface area contributed by atoms with E-state index in [-0.39, 0.29) is 17.9 Å². The van der Waals surface area contributed by atoms with Crippen LogP contribution in [-0.4, -0.2) is 24.1 Å². The third-order valence-corrected chi connectivity index (χ3v) is 2.33. The van der Waals surface area contributed by atoms with Crippen molar-refractivity contribution in [2.24, 2.45) is 5.10 Å². The molecular weight excluding hydrogens is 261 g/mol. The van der Waals surface area contributed by atoms with Gasteiger partial charge in [0.25, 0.3) is 5.91 Å². The summed E-state index contributed by atoms with van der Waals surface area (Å²) in [4.78, 5) is 23.0. The molecule has 2 amide bonds. The smallest absolute Gasteiger partial charge is 0.274 e. The maximum Gasteiger partial charge on any atom is 0.274 e. The van der Waals surface area contributed by atoms with Gasteiger partial charge in [-0.1, -0.05) is 18.2 Å². The molecule has 1 aromatic rings. The predicted octanol–water partition coefficient (Wildman–Crippen LogP) is 1.62. The molecule has 0 aliphatic rings. The quantitative estimate of drug-likeness (QED) is 0.471. The minimum atomic E-state index is -0.658. The van der Waals surface area contributed by atoms with Crippen LogP contribution in [0.15, 0.2) is 42.0 Å². The van der Waals surface area contributed by atoms with Crippen molar-refractivity contribution >= 4 is 17.5 Å². The second-order valence-corrected chi connectivity index (χ2v) is 4.04. The molecule has 0 aliphatic carbocycles. The molecule has 0 unspecified atom stereocenters. The number of halogens is 1. The summed E-state index contributed by atoms with van der Waals surface area (Å²) in [6, 6.07) is 5.59. The van der Waals surface area contributed by atoms with Crippen molar-refractivity contribution < 1.29 is 14.0 Å². The fourth-order valence-electron chi connectivity index (χ4n) is 1.37. The molecule has 0 fully saturated rings. The molecule has 6 heteroatoms. The van der Waals surface area contributed by atoms with Gasteiger partial charge in [-0.2, -0.15) is 5.10 Å². The number of benzene rings is 1. The van der Waals surface area contributed by atoms with Gasteiger partial charge >= 0.3 is 0 Å². The van der Waals surface area contributed by atoms with Crippen LogP contribution in [0.1, 0.15) is 23.7 Å². The van der Waals surface area contributed by atoms with Gasteiger partial charge < -0.3 is 5.32 Å². The number of carbonyl (C=O) groups is 2.